The molecule has 1 aliphatic carbocycles. The van der Waals surface area contributed by atoms with E-state index in [1.54, 1.807) is 20.8 Å². The van der Waals surface area contributed by atoms with E-state index >= 15 is 0 Å². The lowest BCUT2D eigenvalue weighted by atomic mass is 9.60. The van der Waals surface area contributed by atoms with E-state index in [1.165, 1.54) is 6.08 Å². The number of hydrogen-bond donors (Lipinski definition) is 1. The zero-order chi connectivity index (χ0) is 12.8. The molecule has 1 atom stereocenters. The van der Waals surface area contributed by atoms with Gasteiger partial charge in [-0.15, -0.1) is 0 Å². The molecule has 0 saturated heterocycles. The lowest BCUT2D eigenvalue weighted by Crippen LogP contribution is -2.51. The molecule has 0 aromatic rings. The molecule has 0 unspecified atom stereocenters. The van der Waals surface area contributed by atoms with Gasteiger partial charge in [0, 0.05) is 6.54 Å². The summed E-state index contributed by atoms with van der Waals surface area (Å²) < 4.78 is 0. The van der Waals surface area contributed by atoms with Gasteiger partial charge in [-0.1, -0.05) is 6.08 Å². The number of allylic oxidation sites excluding steroid dienone is 1. The number of carbonyl (C=O) groups excluding carboxylic acids is 2. The highest BCUT2D eigenvalue weighted by molar-refractivity contribution is 6.09. The van der Waals surface area contributed by atoms with Crippen molar-refractivity contribution in [1.82, 2.24) is 5.32 Å². The maximum absolute atomic E-state index is 12.1. The quantitative estimate of drug-likeness (QED) is 0.634. The van der Waals surface area contributed by atoms with Crippen LogP contribution in [-0.4, -0.2) is 18.2 Å². The number of amides is 1. The lowest BCUT2D eigenvalue weighted by Gasteiger charge is -2.43. The van der Waals surface area contributed by atoms with Gasteiger partial charge in [0.2, 0.25) is 5.91 Å². The normalized spacial score (nSPS) is 30.7. The van der Waals surface area contributed by atoms with Crippen molar-refractivity contribution in [2.45, 2.75) is 20.8 Å². The summed E-state index contributed by atoms with van der Waals surface area (Å²) in [6, 6.07) is 1.89. The molecule has 1 N–H and O–H groups in total. The Morgan fingerprint density at radius 3 is 2.59 bits per heavy atom. The molecule has 0 aromatic heterocycles. The lowest BCUT2D eigenvalue weighted by molar-refractivity contribution is -0.129. The minimum absolute atomic E-state index is 0.0756. The van der Waals surface area contributed by atoms with Crippen molar-refractivity contribution in [3.05, 3.63) is 23.3 Å². The van der Waals surface area contributed by atoms with Crippen LogP contribution in [0.25, 0.3) is 0 Å². The first-order valence-electron chi connectivity index (χ1n) is 5.51. The molecule has 0 aromatic carbocycles. The molecule has 1 heterocycles. The van der Waals surface area contributed by atoms with Gasteiger partial charge >= 0.3 is 0 Å². The second-order valence-corrected chi connectivity index (χ2v) is 5.15. The van der Waals surface area contributed by atoms with Crippen LogP contribution >= 0.6 is 0 Å². The van der Waals surface area contributed by atoms with Crippen molar-refractivity contribution in [2.24, 2.45) is 10.8 Å². The summed E-state index contributed by atoms with van der Waals surface area (Å²) in [5.41, 5.74) is -0.794. The van der Waals surface area contributed by atoms with E-state index in [0.717, 1.165) is 5.57 Å². The van der Waals surface area contributed by atoms with E-state index in [4.69, 9.17) is 5.26 Å². The highest BCUT2D eigenvalue weighted by Crippen LogP contribution is 2.48. The Balaban J connectivity index is 2.73. The molecule has 17 heavy (non-hydrogen) atoms. The number of ketones is 1. The Morgan fingerprint density at radius 2 is 2.00 bits per heavy atom. The molecule has 0 spiro atoms. The number of nitrogens with zero attached hydrogens (tertiary/aromatic N) is 1. The summed E-state index contributed by atoms with van der Waals surface area (Å²) in [4.78, 5) is 24.1. The van der Waals surface area contributed by atoms with Crippen molar-refractivity contribution in [3.63, 3.8) is 0 Å². The second-order valence-electron chi connectivity index (χ2n) is 5.15. The maximum Gasteiger partial charge on any atom is 0.234 e. The molecule has 0 bridgehead atoms. The first-order chi connectivity index (χ1) is 7.84. The number of nitriles is 1. The van der Waals surface area contributed by atoms with Crippen LogP contribution in [0.2, 0.25) is 0 Å². The molecule has 4 nitrogen and oxygen atoms in total. The molecule has 0 fully saturated rings. The molecule has 1 aliphatic heterocycles. The van der Waals surface area contributed by atoms with Crippen molar-refractivity contribution >= 4 is 11.7 Å². The van der Waals surface area contributed by atoms with Gasteiger partial charge in [-0.3, -0.25) is 9.59 Å². The minimum atomic E-state index is -0.874. The van der Waals surface area contributed by atoms with E-state index in [2.05, 4.69) is 5.32 Å². The number of Topliss-reactive ketones (excluding diaryl/α,β-unsaturated/α-hetero) is 1. The molecule has 2 aliphatic rings. The Hall–Kier alpha value is -1.89. The number of nitrogens with one attached hydrogen (secondary N) is 1. The van der Waals surface area contributed by atoms with Crippen LogP contribution in [0.5, 0.6) is 0 Å². The van der Waals surface area contributed by atoms with Gasteiger partial charge < -0.3 is 5.32 Å². The third-order valence-electron chi connectivity index (χ3n) is 3.64. The fraction of sp³-hybridized carbons (Fsp3) is 0.462. The Labute approximate surface area is 100.0 Å². The SMILES string of the molecule is CC1(C)C(=O)C(C#N)=C[C@]2(C)C(=O)NCC=C12. The molecule has 0 saturated carbocycles. The Kier molecular flexibility index (Phi) is 2.25. The number of fused-ring (bicyclic) bond motifs is 1. The predicted molar refractivity (Wildman–Crippen MR) is 61.7 cm³/mol. The Morgan fingerprint density at radius 1 is 1.35 bits per heavy atom. The molecule has 0 radical (unpaired) electrons. The smallest absolute Gasteiger partial charge is 0.234 e. The van der Waals surface area contributed by atoms with Gasteiger partial charge in [-0.25, -0.2) is 0 Å². The minimum Gasteiger partial charge on any atom is -0.352 e. The van der Waals surface area contributed by atoms with Crippen LogP contribution < -0.4 is 5.32 Å². The Bertz CT molecular complexity index is 520. The average Bonchev–Trinajstić information content (AvgIpc) is 2.27. The van der Waals surface area contributed by atoms with Crippen LogP contribution in [-0.2, 0) is 9.59 Å². The van der Waals surface area contributed by atoms with Crippen molar-refractivity contribution in [1.29, 1.82) is 5.26 Å². The maximum atomic E-state index is 12.1. The van der Waals surface area contributed by atoms with E-state index in [-0.39, 0.29) is 17.3 Å². The molecule has 88 valence electrons. The molecular weight excluding hydrogens is 216 g/mol. The van der Waals surface area contributed by atoms with Gasteiger partial charge in [0.05, 0.1) is 16.4 Å². The average molecular weight is 230 g/mol. The third kappa shape index (κ3) is 1.35. The molecule has 4 heteroatoms. The molecular formula is C13H14N2O2. The summed E-state index contributed by atoms with van der Waals surface area (Å²) in [5.74, 6) is -0.359. The van der Waals surface area contributed by atoms with Gasteiger partial charge in [0.1, 0.15) is 6.07 Å². The fourth-order valence-electron chi connectivity index (χ4n) is 2.71. The van der Waals surface area contributed by atoms with Crippen LogP contribution in [0.4, 0.5) is 0 Å². The standard InChI is InChI=1S/C13H14N2O2/c1-12(2)9-4-5-15-11(17)13(9,3)6-8(7-14)10(12)16/h4,6H,5H2,1-3H3,(H,15,17)/t13-/m0/s1. The number of carbonyl (C=O) groups is 2. The van der Waals surface area contributed by atoms with E-state index in [1.807, 2.05) is 12.1 Å². The van der Waals surface area contributed by atoms with Crippen LogP contribution in [0.1, 0.15) is 20.8 Å². The summed E-state index contributed by atoms with van der Waals surface area (Å²) >= 11 is 0. The van der Waals surface area contributed by atoms with Gasteiger partial charge in [0.25, 0.3) is 0 Å². The summed E-state index contributed by atoms with van der Waals surface area (Å²) in [6.07, 6.45) is 3.37. The monoisotopic (exact) mass is 230 g/mol. The second kappa shape index (κ2) is 3.30. The topological polar surface area (TPSA) is 70.0 Å². The van der Waals surface area contributed by atoms with Crippen LogP contribution in [0, 0.1) is 22.2 Å². The van der Waals surface area contributed by atoms with Crippen LogP contribution in [0.15, 0.2) is 23.3 Å². The third-order valence-corrected chi connectivity index (χ3v) is 3.64. The molecule has 1 amide bonds. The van der Waals surface area contributed by atoms with Crippen LogP contribution in [0.3, 0.4) is 0 Å². The highest BCUT2D eigenvalue weighted by Gasteiger charge is 2.51. The van der Waals surface area contributed by atoms with Gasteiger partial charge in [0.15, 0.2) is 5.78 Å². The van der Waals surface area contributed by atoms with Gasteiger partial charge in [-0.05, 0) is 32.4 Å². The predicted octanol–water partition coefficient (Wildman–Crippen LogP) is 1.11. The number of rotatable bonds is 0. The van der Waals surface area contributed by atoms with Crippen molar-refractivity contribution < 1.29 is 9.59 Å². The van der Waals surface area contributed by atoms with Crippen molar-refractivity contribution in [3.8, 4) is 6.07 Å². The zero-order valence-electron chi connectivity index (χ0n) is 10.1. The fourth-order valence-corrected chi connectivity index (χ4v) is 2.71. The molecule has 2 rings (SSSR count). The summed E-state index contributed by atoms with van der Waals surface area (Å²) in [6.45, 7) is 5.72. The first kappa shape index (κ1) is 11.6. The van der Waals surface area contributed by atoms with Crippen molar-refractivity contribution in [2.75, 3.05) is 6.54 Å². The largest absolute Gasteiger partial charge is 0.352 e. The van der Waals surface area contributed by atoms with Gasteiger partial charge in [-0.2, -0.15) is 5.26 Å². The zero-order valence-corrected chi connectivity index (χ0v) is 10.1. The summed E-state index contributed by atoms with van der Waals surface area (Å²) in [5, 5.41) is 11.7. The summed E-state index contributed by atoms with van der Waals surface area (Å²) in [7, 11) is 0. The van der Waals surface area contributed by atoms with E-state index in [0.29, 0.717) is 6.54 Å². The van der Waals surface area contributed by atoms with E-state index in [9.17, 15) is 9.59 Å². The number of hydrogen-bond acceptors (Lipinski definition) is 3. The highest BCUT2D eigenvalue weighted by atomic mass is 16.2. The first-order valence-corrected chi connectivity index (χ1v) is 5.51. The van der Waals surface area contributed by atoms with E-state index < -0.39 is 10.8 Å².